The third kappa shape index (κ3) is 2.00. The SMILES string of the molecule is CCC(C)c1ccc(O)c(C#N)c1. The Morgan fingerprint density at radius 3 is 2.77 bits per heavy atom. The lowest BCUT2D eigenvalue weighted by Crippen LogP contribution is -1.91. The van der Waals surface area contributed by atoms with Crippen molar-refractivity contribution in [3.8, 4) is 11.8 Å². The monoisotopic (exact) mass is 175 g/mol. The first-order chi connectivity index (χ1) is 6.19. The second-order valence-corrected chi connectivity index (χ2v) is 3.20. The molecule has 1 atom stereocenters. The molecule has 0 aromatic heterocycles. The summed E-state index contributed by atoms with van der Waals surface area (Å²) < 4.78 is 0. The van der Waals surface area contributed by atoms with E-state index in [1.54, 1.807) is 12.1 Å². The summed E-state index contributed by atoms with van der Waals surface area (Å²) in [5, 5.41) is 18.0. The van der Waals surface area contributed by atoms with Crippen molar-refractivity contribution in [2.24, 2.45) is 0 Å². The van der Waals surface area contributed by atoms with Gasteiger partial charge in [-0.1, -0.05) is 19.9 Å². The largest absolute Gasteiger partial charge is 0.507 e. The van der Waals surface area contributed by atoms with E-state index in [2.05, 4.69) is 13.8 Å². The normalized spacial score (nSPS) is 12.1. The summed E-state index contributed by atoms with van der Waals surface area (Å²) in [5.41, 5.74) is 1.47. The molecular formula is C11H13NO. The zero-order chi connectivity index (χ0) is 9.84. The van der Waals surface area contributed by atoms with Gasteiger partial charge in [-0.2, -0.15) is 5.26 Å². The zero-order valence-corrected chi connectivity index (χ0v) is 7.91. The molecular weight excluding hydrogens is 162 g/mol. The predicted molar refractivity (Wildman–Crippen MR) is 51.5 cm³/mol. The van der Waals surface area contributed by atoms with Crippen LogP contribution >= 0.6 is 0 Å². The number of hydrogen-bond acceptors (Lipinski definition) is 2. The van der Waals surface area contributed by atoms with Crippen LogP contribution in [0.25, 0.3) is 0 Å². The van der Waals surface area contributed by atoms with Crippen molar-refractivity contribution in [2.45, 2.75) is 26.2 Å². The Labute approximate surface area is 78.4 Å². The Morgan fingerprint density at radius 1 is 1.54 bits per heavy atom. The molecule has 0 aliphatic heterocycles. The van der Waals surface area contributed by atoms with Gasteiger partial charge in [0.15, 0.2) is 0 Å². The van der Waals surface area contributed by atoms with E-state index in [0.717, 1.165) is 12.0 Å². The molecule has 0 fully saturated rings. The Bertz CT molecular complexity index is 338. The van der Waals surface area contributed by atoms with Gasteiger partial charge >= 0.3 is 0 Å². The molecule has 0 aliphatic carbocycles. The first kappa shape index (κ1) is 9.60. The number of nitriles is 1. The van der Waals surface area contributed by atoms with E-state index in [9.17, 15) is 5.11 Å². The molecule has 68 valence electrons. The van der Waals surface area contributed by atoms with Crippen molar-refractivity contribution in [1.82, 2.24) is 0 Å². The van der Waals surface area contributed by atoms with E-state index < -0.39 is 0 Å². The molecule has 2 nitrogen and oxygen atoms in total. The fourth-order valence-corrected chi connectivity index (χ4v) is 1.19. The lowest BCUT2D eigenvalue weighted by molar-refractivity contribution is 0.473. The van der Waals surface area contributed by atoms with Crippen molar-refractivity contribution < 1.29 is 5.11 Å². The fourth-order valence-electron chi connectivity index (χ4n) is 1.19. The Kier molecular flexibility index (Phi) is 2.92. The summed E-state index contributed by atoms with van der Waals surface area (Å²) in [6, 6.07) is 7.17. The average molecular weight is 175 g/mol. The summed E-state index contributed by atoms with van der Waals surface area (Å²) in [6.07, 6.45) is 1.04. The molecule has 1 aromatic rings. The third-order valence-electron chi connectivity index (χ3n) is 2.32. The Hall–Kier alpha value is -1.49. The van der Waals surface area contributed by atoms with Gasteiger partial charge in [0.25, 0.3) is 0 Å². The maximum Gasteiger partial charge on any atom is 0.133 e. The van der Waals surface area contributed by atoms with Gasteiger partial charge in [0.05, 0.1) is 5.56 Å². The van der Waals surface area contributed by atoms with Crippen LogP contribution in [0.15, 0.2) is 18.2 Å². The summed E-state index contributed by atoms with van der Waals surface area (Å²) >= 11 is 0. The molecule has 0 bridgehead atoms. The predicted octanol–water partition coefficient (Wildman–Crippen LogP) is 2.78. The van der Waals surface area contributed by atoms with E-state index in [1.807, 2.05) is 12.1 Å². The van der Waals surface area contributed by atoms with Gasteiger partial charge in [0, 0.05) is 0 Å². The molecule has 0 spiro atoms. The van der Waals surface area contributed by atoms with Gasteiger partial charge in [-0.3, -0.25) is 0 Å². The second-order valence-electron chi connectivity index (χ2n) is 3.20. The van der Waals surface area contributed by atoms with E-state index in [4.69, 9.17) is 5.26 Å². The number of hydrogen-bond donors (Lipinski definition) is 1. The van der Waals surface area contributed by atoms with Crippen molar-refractivity contribution in [3.63, 3.8) is 0 Å². The third-order valence-corrected chi connectivity index (χ3v) is 2.32. The minimum atomic E-state index is 0.0644. The molecule has 1 unspecified atom stereocenters. The number of phenolic OH excluding ortho intramolecular Hbond substituents is 1. The molecule has 0 amide bonds. The quantitative estimate of drug-likeness (QED) is 0.751. The van der Waals surface area contributed by atoms with Crippen LogP contribution in [0.4, 0.5) is 0 Å². The lowest BCUT2D eigenvalue weighted by atomic mass is 9.97. The highest BCUT2D eigenvalue weighted by atomic mass is 16.3. The number of aromatic hydroxyl groups is 1. The van der Waals surface area contributed by atoms with Crippen molar-refractivity contribution in [3.05, 3.63) is 29.3 Å². The van der Waals surface area contributed by atoms with Crippen LogP contribution in [0.2, 0.25) is 0 Å². The number of nitrogens with zero attached hydrogens (tertiary/aromatic N) is 1. The molecule has 0 heterocycles. The highest BCUT2D eigenvalue weighted by molar-refractivity contribution is 5.45. The van der Waals surface area contributed by atoms with Crippen LogP contribution in [0, 0.1) is 11.3 Å². The molecule has 0 saturated heterocycles. The number of benzene rings is 1. The molecule has 1 N–H and O–H groups in total. The van der Waals surface area contributed by atoms with Crippen LogP contribution in [0.1, 0.15) is 37.3 Å². The van der Waals surface area contributed by atoms with Crippen molar-refractivity contribution >= 4 is 0 Å². The molecule has 2 heteroatoms. The molecule has 13 heavy (non-hydrogen) atoms. The van der Waals surface area contributed by atoms with Gasteiger partial charge in [0.2, 0.25) is 0 Å². The Balaban J connectivity index is 3.08. The summed E-state index contributed by atoms with van der Waals surface area (Å²) in [6.45, 7) is 4.21. The van der Waals surface area contributed by atoms with Crippen molar-refractivity contribution in [2.75, 3.05) is 0 Å². The highest BCUT2D eigenvalue weighted by Gasteiger charge is 2.06. The summed E-state index contributed by atoms with van der Waals surface area (Å²) in [5.74, 6) is 0.502. The van der Waals surface area contributed by atoms with Gasteiger partial charge < -0.3 is 5.11 Å². The number of phenols is 1. The summed E-state index contributed by atoms with van der Waals surface area (Å²) in [4.78, 5) is 0. The van der Waals surface area contributed by atoms with E-state index in [0.29, 0.717) is 11.5 Å². The molecule has 1 rings (SSSR count). The second kappa shape index (κ2) is 3.95. The van der Waals surface area contributed by atoms with E-state index in [1.165, 1.54) is 0 Å². The van der Waals surface area contributed by atoms with Crippen LogP contribution in [-0.2, 0) is 0 Å². The Morgan fingerprint density at radius 2 is 2.23 bits per heavy atom. The first-order valence-corrected chi connectivity index (χ1v) is 4.42. The maximum absolute atomic E-state index is 9.27. The fraction of sp³-hybridized carbons (Fsp3) is 0.364. The molecule has 0 saturated carbocycles. The molecule has 0 aliphatic rings. The first-order valence-electron chi connectivity index (χ1n) is 4.42. The number of rotatable bonds is 2. The minimum Gasteiger partial charge on any atom is -0.507 e. The van der Waals surface area contributed by atoms with Crippen LogP contribution in [0.3, 0.4) is 0 Å². The zero-order valence-electron chi connectivity index (χ0n) is 7.91. The highest BCUT2D eigenvalue weighted by Crippen LogP contribution is 2.24. The van der Waals surface area contributed by atoms with E-state index >= 15 is 0 Å². The van der Waals surface area contributed by atoms with Gasteiger partial charge in [0.1, 0.15) is 11.8 Å². The van der Waals surface area contributed by atoms with Crippen LogP contribution in [-0.4, -0.2) is 5.11 Å². The molecule has 0 radical (unpaired) electrons. The summed E-state index contributed by atoms with van der Waals surface area (Å²) in [7, 11) is 0. The standard InChI is InChI=1S/C11H13NO/c1-3-8(2)9-4-5-11(13)10(6-9)7-12/h4-6,8,13H,3H2,1-2H3. The minimum absolute atomic E-state index is 0.0644. The molecule has 1 aromatic carbocycles. The average Bonchev–Trinajstić information content (AvgIpc) is 2.17. The van der Waals surface area contributed by atoms with Crippen molar-refractivity contribution in [1.29, 1.82) is 5.26 Å². The maximum atomic E-state index is 9.27. The lowest BCUT2D eigenvalue weighted by Gasteiger charge is -2.09. The van der Waals surface area contributed by atoms with Gasteiger partial charge in [-0.15, -0.1) is 0 Å². The topological polar surface area (TPSA) is 44.0 Å². The van der Waals surface area contributed by atoms with Crippen LogP contribution in [0.5, 0.6) is 5.75 Å². The van der Waals surface area contributed by atoms with Gasteiger partial charge in [-0.25, -0.2) is 0 Å². The van der Waals surface area contributed by atoms with Gasteiger partial charge in [-0.05, 0) is 30.0 Å². The smallest absolute Gasteiger partial charge is 0.133 e. The van der Waals surface area contributed by atoms with Crippen LogP contribution < -0.4 is 0 Å². The van der Waals surface area contributed by atoms with E-state index in [-0.39, 0.29) is 5.75 Å².